The number of aromatic nitrogens is 1. The minimum atomic E-state index is -0.726. The molecule has 1 fully saturated rings. The van der Waals surface area contributed by atoms with Crippen LogP contribution in [0.4, 0.5) is 0 Å². The van der Waals surface area contributed by atoms with Crippen LogP contribution in [0.25, 0.3) is 5.76 Å². The van der Waals surface area contributed by atoms with E-state index in [4.69, 9.17) is 11.6 Å². The van der Waals surface area contributed by atoms with Crippen LogP contribution < -0.4 is 0 Å². The van der Waals surface area contributed by atoms with Crippen LogP contribution in [-0.2, 0) is 16.1 Å². The lowest BCUT2D eigenvalue weighted by molar-refractivity contribution is -0.140. The highest BCUT2D eigenvalue weighted by Crippen LogP contribution is 2.40. The van der Waals surface area contributed by atoms with E-state index in [9.17, 15) is 14.7 Å². The van der Waals surface area contributed by atoms with Crippen molar-refractivity contribution in [1.29, 1.82) is 0 Å². The molecule has 1 N–H and O–H groups in total. The first-order valence-electron chi connectivity index (χ1n) is 10.4. The second-order valence-electron chi connectivity index (χ2n) is 8.12. The second-order valence-corrected chi connectivity index (χ2v) is 8.56. The third-order valence-electron chi connectivity index (χ3n) is 5.63. The Morgan fingerprint density at radius 3 is 2.47 bits per heavy atom. The molecule has 0 aliphatic carbocycles. The molecule has 3 aromatic rings. The fourth-order valence-corrected chi connectivity index (χ4v) is 4.12. The normalized spacial score (nSPS) is 17.9. The Morgan fingerprint density at radius 1 is 1.09 bits per heavy atom. The van der Waals surface area contributed by atoms with Crippen molar-refractivity contribution in [3.63, 3.8) is 0 Å². The van der Waals surface area contributed by atoms with E-state index in [-0.39, 0.29) is 17.9 Å². The molecule has 1 saturated heterocycles. The number of rotatable bonds is 5. The fourth-order valence-electron chi connectivity index (χ4n) is 3.93. The van der Waals surface area contributed by atoms with Crippen LogP contribution in [0.5, 0.6) is 0 Å². The number of pyridine rings is 1. The van der Waals surface area contributed by atoms with Crippen LogP contribution >= 0.6 is 11.6 Å². The maximum atomic E-state index is 13.1. The summed E-state index contributed by atoms with van der Waals surface area (Å²) >= 11 is 6.09. The number of Topliss-reactive ketones (excluding diaryl/α,β-unsaturated/α-hetero) is 1. The fraction of sp³-hybridized carbons (Fsp3) is 0.192. The summed E-state index contributed by atoms with van der Waals surface area (Å²) in [5.41, 5.74) is 3.13. The molecule has 5 nitrogen and oxygen atoms in total. The smallest absolute Gasteiger partial charge is 0.295 e. The number of nitrogens with zero attached hydrogens (tertiary/aromatic N) is 2. The second kappa shape index (κ2) is 8.97. The van der Waals surface area contributed by atoms with Crippen LogP contribution in [0.1, 0.15) is 48.1 Å². The monoisotopic (exact) mass is 446 g/mol. The Kier molecular flexibility index (Phi) is 6.10. The number of aliphatic hydroxyl groups excluding tert-OH is 1. The lowest BCUT2D eigenvalue weighted by Crippen LogP contribution is -2.29. The molecule has 1 aliphatic rings. The topological polar surface area (TPSA) is 70.5 Å². The van der Waals surface area contributed by atoms with Gasteiger partial charge >= 0.3 is 0 Å². The van der Waals surface area contributed by atoms with Crippen molar-refractivity contribution >= 4 is 29.1 Å². The van der Waals surface area contributed by atoms with Gasteiger partial charge in [0, 0.05) is 29.5 Å². The molecular formula is C26H23ClN2O3. The SMILES string of the molecule is CC(C)c1ccc(C2/C(=C(/O)c3cccc(Cl)c3)C(=O)C(=O)N2Cc2cccnc2)cc1. The number of hydrogen-bond acceptors (Lipinski definition) is 4. The van der Waals surface area contributed by atoms with E-state index in [0.717, 1.165) is 16.7 Å². The Hall–Kier alpha value is -3.44. The molecule has 2 heterocycles. The molecule has 4 rings (SSSR count). The van der Waals surface area contributed by atoms with Gasteiger partial charge in [0.25, 0.3) is 11.7 Å². The van der Waals surface area contributed by atoms with E-state index in [2.05, 4.69) is 18.8 Å². The molecule has 6 heteroatoms. The van der Waals surface area contributed by atoms with Crippen molar-refractivity contribution in [2.24, 2.45) is 0 Å². The Morgan fingerprint density at radius 2 is 1.84 bits per heavy atom. The Labute approximate surface area is 192 Å². The molecule has 1 atom stereocenters. The quantitative estimate of drug-likeness (QED) is 0.320. The van der Waals surface area contributed by atoms with Crippen molar-refractivity contribution in [3.8, 4) is 0 Å². The highest BCUT2D eigenvalue weighted by Gasteiger charge is 2.46. The van der Waals surface area contributed by atoms with E-state index in [0.29, 0.717) is 16.5 Å². The molecule has 2 aromatic carbocycles. The number of amides is 1. The molecule has 0 saturated carbocycles. The van der Waals surface area contributed by atoms with Crippen LogP contribution in [0.2, 0.25) is 5.02 Å². The predicted molar refractivity (Wildman–Crippen MR) is 124 cm³/mol. The lowest BCUT2D eigenvalue weighted by atomic mass is 9.93. The van der Waals surface area contributed by atoms with Crippen molar-refractivity contribution in [3.05, 3.63) is 106 Å². The number of carbonyl (C=O) groups excluding carboxylic acids is 2. The van der Waals surface area contributed by atoms with Gasteiger partial charge in [0.2, 0.25) is 0 Å². The molecule has 0 bridgehead atoms. The van der Waals surface area contributed by atoms with Gasteiger partial charge in [-0.25, -0.2) is 0 Å². The van der Waals surface area contributed by atoms with Gasteiger partial charge in [-0.3, -0.25) is 14.6 Å². The predicted octanol–water partition coefficient (Wildman–Crippen LogP) is 5.48. The third kappa shape index (κ3) is 4.16. The number of ketones is 1. The molecule has 1 aliphatic heterocycles. The summed E-state index contributed by atoms with van der Waals surface area (Å²) in [6, 6.07) is 17.3. The van der Waals surface area contributed by atoms with E-state index in [1.54, 1.807) is 42.7 Å². The zero-order valence-corrected chi connectivity index (χ0v) is 18.6. The number of aliphatic hydroxyl groups is 1. The third-order valence-corrected chi connectivity index (χ3v) is 5.87. The lowest BCUT2D eigenvalue weighted by Gasteiger charge is -2.25. The number of hydrogen-bond donors (Lipinski definition) is 1. The Bertz CT molecular complexity index is 1190. The van der Waals surface area contributed by atoms with Crippen LogP contribution in [-0.4, -0.2) is 26.7 Å². The van der Waals surface area contributed by atoms with Crippen LogP contribution in [0.3, 0.4) is 0 Å². The average Bonchev–Trinajstić information content (AvgIpc) is 3.04. The van der Waals surface area contributed by atoms with E-state index in [1.165, 1.54) is 4.90 Å². The van der Waals surface area contributed by atoms with Gasteiger partial charge < -0.3 is 10.0 Å². The zero-order chi connectivity index (χ0) is 22.8. The molecule has 162 valence electrons. The van der Waals surface area contributed by atoms with E-state index < -0.39 is 17.7 Å². The summed E-state index contributed by atoms with van der Waals surface area (Å²) in [6.07, 6.45) is 3.31. The molecule has 0 radical (unpaired) electrons. The first-order valence-corrected chi connectivity index (χ1v) is 10.8. The van der Waals surface area contributed by atoms with Gasteiger partial charge in [-0.15, -0.1) is 0 Å². The Balaban J connectivity index is 1.86. The van der Waals surface area contributed by atoms with Gasteiger partial charge in [0.1, 0.15) is 5.76 Å². The maximum Gasteiger partial charge on any atom is 0.295 e. The van der Waals surface area contributed by atoms with Gasteiger partial charge in [0.15, 0.2) is 0 Å². The van der Waals surface area contributed by atoms with Crippen LogP contribution in [0, 0.1) is 0 Å². The minimum absolute atomic E-state index is 0.0541. The summed E-state index contributed by atoms with van der Waals surface area (Å²) in [4.78, 5) is 31.8. The van der Waals surface area contributed by atoms with Crippen molar-refractivity contribution in [1.82, 2.24) is 9.88 Å². The minimum Gasteiger partial charge on any atom is -0.507 e. The summed E-state index contributed by atoms with van der Waals surface area (Å²) in [6.45, 7) is 4.40. The highest BCUT2D eigenvalue weighted by molar-refractivity contribution is 6.46. The summed E-state index contributed by atoms with van der Waals surface area (Å²) in [5, 5.41) is 11.5. The molecule has 1 amide bonds. The average molecular weight is 447 g/mol. The number of halogens is 1. The van der Waals surface area contributed by atoms with Gasteiger partial charge in [0.05, 0.1) is 11.6 Å². The highest BCUT2D eigenvalue weighted by atomic mass is 35.5. The molecule has 1 aromatic heterocycles. The number of carbonyl (C=O) groups is 2. The summed E-state index contributed by atoms with van der Waals surface area (Å²) in [7, 11) is 0. The van der Waals surface area contributed by atoms with Crippen LogP contribution in [0.15, 0.2) is 78.6 Å². The standard InChI is InChI=1S/C26H23ClN2O3/c1-16(2)18-8-10-19(11-9-18)23-22(24(30)20-6-3-7-21(27)13-20)25(31)26(32)29(23)15-17-5-4-12-28-14-17/h3-14,16,23,30H,15H2,1-2H3/b24-22-. The number of likely N-dealkylation sites (tertiary alicyclic amines) is 1. The van der Waals surface area contributed by atoms with Gasteiger partial charge in [-0.1, -0.05) is 67.9 Å². The van der Waals surface area contributed by atoms with Gasteiger partial charge in [-0.05, 0) is 40.8 Å². The maximum absolute atomic E-state index is 13.1. The van der Waals surface area contributed by atoms with Crippen molar-refractivity contribution in [2.45, 2.75) is 32.4 Å². The van der Waals surface area contributed by atoms with Crippen molar-refractivity contribution < 1.29 is 14.7 Å². The first kappa shape index (κ1) is 21.8. The van der Waals surface area contributed by atoms with E-state index in [1.807, 2.05) is 30.3 Å². The number of benzene rings is 2. The van der Waals surface area contributed by atoms with E-state index >= 15 is 0 Å². The zero-order valence-electron chi connectivity index (χ0n) is 17.8. The molecular weight excluding hydrogens is 424 g/mol. The summed E-state index contributed by atoms with van der Waals surface area (Å²) < 4.78 is 0. The van der Waals surface area contributed by atoms with Gasteiger partial charge in [-0.2, -0.15) is 0 Å². The van der Waals surface area contributed by atoms with Crippen molar-refractivity contribution in [2.75, 3.05) is 0 Å². The molecule has 1 unspecified atom stereocenters. The molecule has 0 spiro atoms. The first-order chi connectivity index (χ1) is 15.4. The molecule has 32 heavy (non-hydrogen) atoms. The summed E-state index contributed by atoms with van der Waals surface area (Å²) in [5.74, 6) is -1.27. The largest absolute Gasteiger partial charge is 0.507 e.